The summed E-state index contributed by atoms with van der Waals surface area (Å²) in [5, 5.41) is 2.29. The summed E-state index contributed by atoms with van der Waals surface area (Å²) in [5.74, 6) is 0.718. The van der Waals surface area contributed by atoms with Crippen molar-refractivity contribution < 1.29 is 0 Å². The molecule has 0 N–H and O–H groups in total. The largest absolute Gasteiger partial charge is 0.358 e. The molecular weight excluding hydrogens is 340 g/mol. The number of aromatic nitrogens is 2. The molecule has 26 heavy (non-hydrogen) atoms. The molecule has 0 aliphatic heterocycles. The second-order valence-corrected chi connectivity index (χ2v) is 7.05. The third kappa shape index (κ3) is 3.16. The fourth-order valence-electron chi connectivity index (χ4n) is 3.07. The smallest absolute Gasteiger partial charge is 0.245 e. The van der Waals surface area contributed by atoms with Gasteiger partial charge in [-0.3, -0.25) is 0 Å². The lowest BCUT2D eigenvalue weighted by atomic mass is 10.0. The van der Waals surface area contributed by atoms with E-state index in [4.69, 9.17) is 0 Å². The predicted molar refractivity (Wildman–Crippen MR) is 109 cm³/mol. The molecule has 0 bridgehead atoms. The molecule has 0 aliphatic carbocycles. The first-order valence-corrected chi connectivity index (χ1v) is 9.42. The van der Waals surface area contributed by atoms with Gasteiger partial charge in [0.05, 0.1) is 5.69 Å². The lowest BCUT2D eigenvalue weighted by Crippen LogP contribution is -2.19. The van der Waals surface area contributed by atoms with Gasteiger partial charge >= 0.3 is 5.69 Å². The third-order valence-electron chi connectivity index (χ3n) is 4.49. The second kappa shape index (κ2) is 7.18. The molecule has 0 unspecified atom stereocenters. The zero-order valence-electron chi connectivity index (χ0n) is 14.4. The van der Waals surface area contributed by atoms with Crippen LogP contribution in [0.15, 0.2) is 83.8 Å². The van der Waals surface area contributed by atoms with Gasteiger partial charge in [-0.2, -0.15) is 0 Å². The maximum Gasteiger partial charge on any atom is 0.358 e. The van der Waals surface area contributed by atoms with E-state index in [9.17, 15) is 4.79 Å². The van der Waals surface area contributed by atoms with Gasteiger partial charge in [0.15, 0.2) is 0 Å². The number of hydrogen-bond acceptors (Lipinski definition) is 3. The van der Waals surface area contributed by atoms with Gasteiger partial charge in [-0.1, -0.05) is 66.7 Å². The molecule has 0 spiro atoms. The highest BCUT2D eigenvalue weighted by Crippen LogP contribution is 2.30. The first-order chi connectivity index (χ1) is 12.7. The average molecular weight is 358 g/mol. The quantitative estimate of drug-likeness (QED) is 0.511. The Morgan fingerprint density at radius 3 is 2.58 bits per heavy atom. The fourth-order valence-corrected chi connectivity index (χ4v) is 4.12. The minimum absolute atomic E-state index is 0.242. The van der Waals surface area contributed by atoms with Crippen molar-refractivity contribution in [1.82, 2.24) is 8.96 Å². The molecule has 4 rings (SSSR count). The highest BCUT2D eigenvalue weighted by atomic mass is 32.2. The molecule has 3 aromatic carbocycles. The molecule has 0 amide bonds. The van der Waals surface area contributed by atoms with Crippen molar-refractivity contribution in [3.8, 4) is 11.3 Å². The summed E-state index contributed by atoms with van der Waals surface area (Å²) < 4.78 is 1.70. The summed E-state index contributed by atoms with van der Waals surface area (Å²) in [7, 11) is 0. The van der Waals surface area contributed by atoms with Crippen LogP contribution in [0.25, 0.3) is 22.0 Å². The van der Waals surface area contributed by atoms with Crippen LogP contribution in [0.2, 0.25) is 0 Å². The highest BCUT2D eigenvalue weighted by molar-refractivity contribution is 7.97. The van der Waals surface area contributed by atoms with Crippen LogP contribution in [0.5, 0.6) is 0 Å². The molecule has 0 fully saturated rings. The minimum Gasteiger partial charge on any atom is -0.245 e. The van der Waals surface area contributed by atoms with Crippen molar-refractivity contribution in [3.05, 3.63) is 101 Å². The monoisotopic (exact) mass is 358 g/mol. The van der Waals surface area contributed by atoms with Crippen LogP contribution in [0.1, 0.15) is 11.1 Å². The lowest BCUT2D eigenvalue weighted by Gasteiger charge is -2.13. The summed E-state index contributed by atoms with van der Waals surface area (Å²) in [6.45, 7) is 2.09. The first-order valence-electron chi connectivity index (χ1n) is 8.48. The molecule has 1 heterocycles. The van der Waals surface area contributed by atoms with Crippen LogP contribution in [0.3, 0.4) is 0 Å². The average Bonchev–Trinajstić information content (AvgIpc) is 2.67. The summed E-state index contributed by atoms with van der Waals surface area (Å²) in [6.07, 6.45) is 1.59. The van der Waals surface area contributed by atoms with E-state index < -0.39 is 0 Å². The van der Waals surface area contributed by atoms with E-state index in [2.05, 4.69) is 48.3 Å². The SMILES string of the molecule is Cc1ccccc1CSn1c(-c2cccc3ccccc23)ccnc1=O. The summed E-state index contributed by atoms with van der Waals surface area (Å²) in [4.78, 5) is 16.5. The Bertz CT molecular complexity index is 1130. The second-order valence-electron chi connectivity index (χ2n) is 6.13. The van der Waals surface area contributed by atoms with Gasteiger partial charge in [0.2, 0.25) is 0 Å². The van der Waals surface area contributed by atoms with Crippen molar-refractivity contribution in [2.24, 2.45) is 0 Å². The van der Waals surface area contributed by atoms with Crippen LogP contribution >= 0.6 is 11.9 Å². The molecular formula is C22H18N2OS. The number of hydrogen-bond donors (Lipinski definition) is 0. The van der Waals surface area contributed by atoms with E-state index in [1.165, 1.54) is 23.1 Å². The number of fused-ring (bicyclic) bond motifs is 1. The topological polar surface area (TPSA) is 34.9 Å². The Morgan fingerprint density at radius 2 is 1.69 bits per heavy atom. The van der Waals surface area contributed by atoms with Gasteiger partial charge in [-0.25, -0.2) is 13.8 Å². The number of nitrogens with zero attached hydrogens (tertiary/aromatic N) is 2. The van der Waals surface area contributed by atoms with Gasteiger partial charge in [0.1, 0.15) is 0 Å². The predicted octanol–water partition coefficient (Wildman–Crippen LogP) is 5.07. The van der Waals surface area contributed by atoms with Crippen molar-refractivity contribution in [2.75, 3.05) is 0 Å². The van der Waals surface area contributed by atoms with Crippen LogP contribution in [0.4, 0.5) is 0 Å². The normalized spacial score (nSPS) is 11.0. The van der Waals surface area contributed by atoms with Crippen molar-refractivity contribution >= 4 is 22.7 Å². The van der Waals surface area contributed by atoms with E-state index in [0.717, 1.165) is 27.8 Å². The molecule has 4 heteroatoms. The molecule has 0 saturated carbocycles. The molecule has 0 saturated heterocycles. The number of benzene rings is 3. The van der Waals surface area contributed by atoms with E-state index in [-0.39, 0.29) is 5.69 Å². The van der Waals surface area contributed by atoms with Gasteiger partial charge in [-0.15, -0.1) is 0 Å². The van der Waals surface area contributed by atoms with E-state index >= 15 is 0 Å². The maximum absolute atomic E-state index is 12.5. The lowest BCUT2D eigenvalue weighted by molar-refractivity contribution is 1.02. The van der Waals surface area contributed by atoms with Gasteiger partial charge in [0.25, 0.3) is 0 Å². The zero-order chi connectivity index (χ0) is 17.9. The molecule has 3 nitrogen and oxygen atoms in total. The Hall–Kier alpha value is -2.85. The zero-order valence-corrected chi connectivity index (χ0v) is 15.2. The molecule has 0 aliphatic rings. The maximum atomic E-state index is 12.5. The Balaban J connectivity index is 1.79. The van der Waals surface area contributed by atoms with E-state index in [1.54, 1.807) is 10.2 Å². The van der Waals surface area contributed by atoms with E-state index in [0.29, 0.717) is 0 Å². The number of aryl methyl sites for hydroxylation is 1. The van der Waals surface area contributed by atoms with Gasteiger partial charge < -0.3 is 0 Å². The van der Waals surface area contributed by atoms with Crippen LogP contribution < -0.4 is 5.69 Å². The van der Waals surface area contributed by atoms with E-state index in [1.807, 2.05) is 36.4 Å². The summed E-state index contributed by atoms with van der Waals surface area (Å²) in [5.41, 5.74) is 4.12. The molecule has 128 valence electrons. The number of rotatable bonds is 4. The minimum atomic E-state index is -0.242. The molecule has 0 radical (unpaired) electrons. The van der Waals surface area contributed by atoms with Crippen molar-refractivity contribution in [1.29, 1.82) is 0 Å². The standard InChI is InChI=1S/C22H18N2OS/c1-16-7-2-3-9-18(16)15-26-24-21(13-14-23-22(24)25)20-12-6-10-17-8-4-5-11-19(17)20/h2-14H,15H2,1H3. The molecule has 4 aromatic rings. The van der Waals surface area contributed by atoms with Crippen LogP contribution in [-0.2, 0) is 5.75 Å². The van der Waals surface area contributed by atoms with Crippen molar-refractivity contribution in [3.63, 3.8) is 0 Å². The van der Waals surface area contributed by atoms with Crippen molar-refractivity contribution in [2.45, 2.75) is 12.7 Å². The Kier molecular flexibility index (Phi) is 4.59. The first kappa shape index (κ1) is 16.6. The third-order valence-corrected chi connectivity index (χ3v) is 5.54. The van der Waals surface area contributed by atoms with Gasteiger partial charge in [0, 0.05) is 17.5 Å². The Labute approximate surface area is 156 Å². The van der Waals surface area contributed by atoms with Gasteiger partial charge in [-0.05, 0) is 46.8 Å². The fraction of sp³-hybridized carbons (Fsp3) is 0.0909. The molecule has 1 aromatic heterocycles. The highest BCUT2D eigenvalue weighted by Gasteiger charge is 2.11. The molecule has 0 atom stereocenters. The summed E-state index contributed by atoms with van der Waals surface area (Å²) in [6, 6.07) is 24.6. The van der Waals surface area contributed by atoms with Crippen LogP contribution in [0, 0.1) is 6.92 Å². The summed E-state index contributed by atoms with van der Waals surface area (Å²) >= 11 is 1.49. The Morgan fingerprint density at radius 1 is 0.923 bits per heavy atom. The van der Waals surface area contributed by atoms with Crippen LogP contribution in [-0.4, -0.2) is 8.96 Å².